The van der Waals surface area contributed by atoms with Crippen molar-refractivity contribution in [2.45, 2.75) is 19.1 Å². The SMILES string of the molecule is Nc1ccc(COC(=O)N[C@H](CCO)c2ccc(C(=O)Nc3ccccc3O)cc2)cc1. The Morgan fingerprint density at radius 3 is 2.31 bits per heavy atom. The molecule has 0 saturated heterocycles. The summed E-state index contributed by atoms with van der Waals surface area (Å²) in [5.41, 5.74) is 8.47. The monoisotopic (exact) mass is 435 g/mol. The van der Waals surface area contributed by atoms with E-state index >= 15 is 0 Å². The summed E-state index contributed by atoms with van der Waals surface area (Å²) in [4.78, 5) is 24.7. The summed E-state index contributed by atoms with van der Waals surface area (Å²) >= 11 is 0. The number of carbonyl (C=O) groups is 2. The first-order valence-corrected chi connectivity index (χ1v) is 10.0. The van der Waals surface area contributed by atoms with Gasteiger partial charge >= 0.3 is 6.09 Å². The number of nitrogen functional groups attached to an aromatic ring is 1. The van der Waals surface area contributed by atoms with Gasteiger partial charge in [-0.1, -0.05) is 36.4 Å². The number of carbonyl (C=O) groups excluding carboxylic acids is 2. The second-order valence-electron chi connectivity index (χ2n) is 7.12. The van der Waals surface area contributed by atoms with Gasteiger partial charge in [-0.25, -0.2) is 4.79 Å². The van der Waals surface area contributed by atoms with Gasteiger partial charge in [0.1, 0.15) is 12.4 Å². The molecule has 0 unspecified atom stereocenters. The van der Waals surface area contributed by atoms with Crippen molar-refractivity contribution in [3.63, 3.8) is 0 Å². The fourth-order valence-corrected chi connectivity index (χ4v) is 3.04. The van der Waals surface area contributed by atoms with Crippen LogP contribution in [0.3, 0.4) is 0 Å². The zero-order chi connectivity index (χ0) is 22.9. The minimum atomic E-state index is -0.623. The molecule has 6 N–H and O–H groups in total. The van der Waals surface area contributed by atoms with Crippen LogP contribution in [0.5, 0.6) is 5.75 Å². The molecule has 0 radical (unpaired) electrons. The first kappa shape index (κ1) is 22.6. The number of nitrogens with one attached hydrogen (secondary N) is 2. The number of hydrogen-bond acceptors (Lipinski definition) is 6. The maximum absolute atomic E-state index is 12.4. The van der Waals surface area contributed by atoms with Gasteiger partial charge in [0, 0.05) is 17.9 Å². The summed E-state index contributed by atoms with van der Waals surface area (Å²) in [7, 11) is 0. The minimum Gasteiger partial charge on any atom is -0.506 e. The van der Waals surface area contributed by atoms with Crippen LogP contribution in [-0.2, 0) is 11.3 Å². The summed E-state index contributed by atoms with van der Waals surface area (Å²) in [5.74, 6) is -0.408. The molecular weight excluding hydrogens is 410 g/mol. The molecule has 3 aromatic rings. The Labute approximate surface area is 185 Å². The van der Waals surface area contributed by atoms with Crippen molar-refractivity contribution in [3.05, 3.63) is 89.5 Å². The number of benzene rings is 3. The zero-order valence-corrected chi connectivity index (χ0v) is 17.3. The van der Waals surface area contributed by atoms with Crippen molar-refractivity contribution in [2.24, 2.45) is 0 Å². The molecule has 3 rings (SSSR count). The lowest BCUT2D eigenvalue weighted by atomic mass is 10.0. The lowest BCUT2D eigenvalue weighted by molar-refractivity contribution is 0.102. The van der Waals surface area contributed by atoms with Gasteiger partial charge in [0.25, 0.3) is 5.91 Å². The van der Waals surface area contributed by atoms with E-state index in [4.69, 9.17) is 10.5 Å². The number of hydrogen-bond donors (Lipinski definition) is 5. The van der Waals surface area contributed by atoms with Crippen molar-refractivity contribution < 1.29 is 24.5 Å². The standard InChI is InChI=1S/C24H25N3O5/c25-19-11-5-16(6-12-19)15-32-24(31)27-20(13-14-28)17-7-9-18(10-8-17)23(30)26-21-3-1-2-4-22(21)29/h1-12,20,28-29H,13-15,25H2,(H,26,30)(H,27,31)/t20-/m1/s1. The van der Waals surface area contributed by atoms with Crippen LogP contribution in [0, 0.1) is 0 Å². The van der Waals surface area contributed by atoms with Gasteiger partial charge in [-0.05, 0) is 53.9 Å². The molecule has 0 bridgehead atoms. The van der Waals surface area contributed by atoms with Crippen molar-refractivity contribution >= 4 is 23.4 Å². The van der Waals surface area contributed by atoms with E-state index in [1.54, 1.807) is 66.7 Å². The number of rotatable bonds is 8. The first-order valence-electron chi connectivity index (χ1n) is 10.0. The molecule has 1 atom stereocenters. The van der Waals surface area contributed by atoms with Crippen LogP contribution in [0.2, 0.25) is 0 Å². The number of phenolic OH excluding ortho intramolecular Hbond substituents is 1. The summed E-state index contributed by atoms with van der Waals surface area (Å²) in [6.07, 6.45) is -0.345. The molecule has 8 nitrogen and oxygen atoms in total. The number of aliphatic hydroxyl groups is 1. The quantitative estimate of drug-likeness (QED) is 0.271. The molecule has 2 amide bonds. The molecule has 0 aliphatic carbocycles. The van der Waals surface area contributed by atoms with Crippen molar-refractivity contribution in [2.75, 3.05) is 17.7 Å². The maximum Gasteiger partial charge on any atom is 0.407 e. The lowest BCUT2D eigenvalue weighted by Gasteiger charge is -2.18. The molecule has 0 fully saturated rings. The Bertz CT molecular complexity index is 1050. The van der Waals surface area contributed by atoms with Gasteiger partial charge in [0.05, 0.1) is 11.7 Å². The summed E-state index contributed by atoms with van der Waals surface area (Å²) in [5, 5.41) is 24.6. The summed E-state index contributed by atoms with van der Waals surface area (Å²) < 4.78 is 5.25. The van der Waals surface area contributed by atoms with E-state index < -0.39 is 12.1 Å². The molecule has 3 aromatic carbocycles. The Morgan fingerprint density at radius 1 is 0.969 bits per heavy atom. The normalized spacial score (nSPS) is 11.4. The van der Waals surface area contributed by atoms with Crippen LogP contribution >= 0.6 is 0 Å². The number of para-hydroxylation sites is 2. The van der Waals surface area contributed by atoms with Crippen molar-refractivity contribution in [1.82, 2.24) is 5.32 Å². The van der Waals surface area contributed by atoms with Crippen LogP contribution < -0.4 is 16.4 Å². The topological polar surface area (TPSA) is 134 Å². The summed E-state index contributed by atoms with van der Waals surface area (Å²) in [6, 6.07) is 19.5. The average molecular weight is 435 g/mol. The second kappa shape index (κ2) is 10.8. The molecule has 0 heterocycles. The third-order valence-corrected chi connectivity index (χ3v) is 4.79. The number of anilines is 2. The Balaban J connectivity index is 1.60. The largest absolute Gasteiger partial charge is 0.506 e. The fourth-order valence-electron chi connectivity index (χ4n) is 3.04. The highest BCUT2D eigenvalue weighted by molar-refractivity contribution is 6.05. The predicted molar refractivity (Wildman–Crippen MR) is 121 cm³/mol. The minimum absolute atomic E-state index is 0.0258. The number of aromatic hydroxyl groups is 1. The van der Waals surface area contributed by atoms with E-state index in [2.05, 4.69) is 10.6 Å². The second-order valence-corrected chi connectivity index (χ2v) is 7.12. The molecule has 0 saturated carbocycles. The molecule has 32 heavy (non-hydrogen) atoms. The molecule has 0 spiro atoms. The molecule has 8 heteroatoms. The number of ether oxygens (including phenoxy) is 1. The van der Waals surface area contributed by atoms with Crippen LogP contribution in [0.4, 0.5) is 16.2 Å². The van der Waals surface area contributed by atoms with Gasteiger partial charge in [-0.15, -0.1) is 0 Å². The third-order valence-electron chi connectivity index (χ3n) is 4.79. The van der Waals surface area contributed by atoms with Gasteiger partial charge in [-0.3, -0.25) is 4.79 Å². The van der Waals surface area contributed by atoms with Crippen LogP contribution in [0.15, 0.2) is 72.8 Å². The molecule has 0 aliphatic heterocycles. The van der Waals surface area contributed by atoms with Crippen LogP contribution in [-0.4, -0.2) is 28.8 Å². The highest BCUT2D eigenvalue weighted by atomic mass is 16.5. The highest BCUT2D eigenvalue weighted by Crippen LogP contribution is 2.23. The summed E-state index contributed by atoms with van der Waals surface area (Å²) in [6.45, 7) is -0.0537. The Hall–Kier alpha value is -4.04. The highest BCUT2D eigenvalue weighted by Gasteiger charge is 2.16. The Morgan fingerprint density at radius 2 is 1.66 bits per heavy atom. The van der Waals surface area contributed by atoms with E-state index in [0.717, 1.165) is 5.56 Å². The molecule has 166 valence electrons. The smallest absolute Gasteiger partial charge is 0.407 e. The van der Waals surface area contributed by atoms with Crippen molar-refractivity contribution in [3.8, 4) is 5.75 Å². The van der Waals surface area contributed by atoms with Crippen LogP contribution in [0.25, 0.3) is 0 Å². The van der Waals surface area contributed by atoms with Gasteiger partial charge in [0.15, 0.2) is 0 Å². The zero-order valence-electron chi connectivity index (χ0n) is 17.3. The first-order chi connectivity index (χ1) is 15.5. The molecular formula is C24H25N3O5. The molecule has 0 aromatic heterocycles. The van der Waals surface area contributed by atoms with Gasteiger partial charge in [-0.2, -0.15) is 0 Å². The lowest BCUT2D eigenvalue weighted by Crippen LogP contribution is -2.29. The number of aliphatic hydroxyl groups excluding tert-OH is 1. The van der Waals surface area contributed by atoms with Gasteiger partial charge < -0.3 is 31.3 Å². The number of phenols is 1. The fraction of sp³-hybridized carbons (Fsp3) is 0.167. The molecule has 0 aliphatic rings. The number of nitrogens with two attached hydrogens (primary N) is 1. The maximum atomic E-state index is 12.4. The Kier molecular flexibility index (Phi) is 7.66. The average Bonchev–Trinajstić information content (AvgIpc) is 2.80. The van der Waals surface area contributed by atoms with Crippen LogP contribution in [0.1, 0.15) is 33.9 Å². The van der Waals surface area contributed by atoms with E-state index in [-0.39, 0.29) is 31.3 Å². The number of amides is 2. The van der Waals surface area contributed by atoms with E-state index in [9.17, 15) is 19.8 Å². The van der Waals surface area contributed by atoms with E-state index in [0.29, 0.717) is 22.5 Å². The van der Waals surface area contributed by atoms with Crippen molar-refractivity contribution in [1.29, 1.82) is 0 Å². The van der Waals surface area contributed by atoms with Gasteiger partial charge in [0.2, 0.25) is 0 Å². The number of alkyl carbamates (subject to hydrolysis) is 1. The van der Waals surface area contributed by atoms with E-state index in [1.807, 2.05) is 0 Å². The predicted octanol–water partition coefficient (Wildman–Crippen LogP) is 3.58. The third kappa shape index (κ3) is 6.23. The van der Waals surface area contributed by atoms with E-state index in [1.165, 1.54) is 6.07 Å².